The van der Waals surface area contributed by atoms with Crippen LogP contribution in [-0.2, 0) is 17.9 Å². The monoisotopic (exact) mass is 235 g/mol. The first-order chi connectivity index (χ1) is 7.92. The Morgan fingerprint density at radius 3 is 3.06 bits per heavy atom. The van der Waals surface area contributed by atoms with E-state index in [1.807, 2.05) is 18.0 Å². The molecule has 4 heteroatoms. The molecule has 3 heterocycles. The van der Waals surface area contributed by atoms with Crippen molar-refractivity contribution >= 4 is 11.8 Å². The Morgan fingerprint density at radius 1 is 1.31 bits per heavy atom. The third kappa shape index (κ3) is 2.23. The van der Waals surface area contributed by atoms with Gasteiger partial charge in [0.25, 0.3) is 0 Å². The van der Waals surface area contributed by atoms with Crippen molar-refractivity contribution in [2.75, 3.05) is 13.1 Å². The molecule has 0 spiro atoms. The lowest BCUT2D eigenvalue weighted by Crippen LogP contribution is -2.29. The summed E-state index contributed by atoms with van der Waals surface area (Å²) in [7, 11) is 0. The lowest BCUT2D eigenvalue weighted by molar-refractivity contribution is 0.367. The highest BCUT2D eigenvalue weighted by Gasteiger charge is 2.18. The van der Waals surface area contributed by atoms with Crippen LogP contribution in [0.3, 0.4) is 0 Å². The molecule has 0 atom stereocenters. The van der Waals surface area contributed by atoms with Crippen molar-refractivity contribution in [2.24, 2.45) is 5.92 Å². The molecule has 1 N–H and O–H groups in total. The summed E-state index contributed by atoms with van der Waals surface area (Å²) in [4.78, 5) is 9.19. The molecule has 0 bridgehead atoms. The van der Waals surface area contributed by atoms with E-state index in [0.717, 1.165) is 42.8 Å². The first-order valence-electron chi connectivity index (χ1n) is 6.04. The van der Waals surface area contributed by atoms with Gasteiger partial charge in [-0.1, -0.05) is 0 Å². The molecular formula is C12H17N3S. The summed E-state index contributed by atoms with van der Waals surface area (Å²) in [6, 6.07) is 0. The standard InChI is InChI=1S/C12H17N3S/c1-3-13-4-2-9(1)5-12-14-6-10-7-16-8-11(10)15-12/h6,9,13H,1-5,7-8H2. The zero-order chi connectivity index (χ0) is 10.8. The van der Waals surface area contributed by atoms with Gasteiger partial charge >= 0.3 is 0 Å². The van der Waals surface area contributed by atoms with Crippen LogP contribution in [0.1, 0.15) is 29.9 Å². The van der Waals surface area contributed by atoms with Gasteiger partial charge in [0.2, 0.25) is 0 Å². The van der Waals surface area contributed by atoms with Crippen molar-refractivity contribution in [1.29, 1.82) is 0 Å². The molecule has 3 rings (SSSR count). The van der Waals surface area contributed by atoms with Crippen molar-refractivity contribution in [1.82, 2.24) is 15.3 Å². The Labute approximate surface area is 100 Å². The van der Waals surface area contributed by atoms with Crippen LogP contribution in [0.5, 0.6) is 0 Å². The summed E-state index contributed by atoms with van der Waals surface area (Å²) in [5.74, 6) is 4.03. The number of hydrogen-bond acceptors (Lipinski definition) is 4. The molecule has 0 saturated carbocycles. The highest BCUT2D eigenvalue weighted by atomic mass is 32.2. The van der Waals surface area contributed by atoms with Gasteiger partial charge in [-0.2, -0.15) is 11.8 Å². The van der Waals surface area contributed by atoms with Crippen LogP contribution in [0.4, 0.5) is 0 Å². The quantitative estimate of drug-likeness (QED) is 0.847. The number of rotatable bonds is 2. The molecule has 0 unspecified atom stereocenters. The highest BCUT2D eigenvalue weighted by Crippen LogP contribution is 2.28. The summed E-state index contributed by atoms with van der Waals surface area (Å²) < 4.78 is 0. The van der Waals surface area contributed by atoms with E-state index >= 15 is 0 Å². The Morgan fingerprint density at radius 2 is 2.19 bits per heavy atom. The van der Waals surface area contributed by atoms with E-state index in [4.69, 9.17) is 4.98 Å². The minimum atomic E-state index is 0.786. The molecule has 0 amide bonds. The van der Waals surface area contributed by atoms with Crippen molar-refractivity contribution in [3.63, 3.8) is 0 Å². The largest absolute Gasteiger partial charge is 0.317 e. The minimum absolute atomic E-state index is 0.786. The Balaban J connectivity index is 1.69. The zero-order valence-corrected chi connectivity index (χ0v) is 10.2. The van der Waals surface area contributed by atoms with Crippen LogP contribution in [0, 0.1) is 5.92 Å². The first-order valence-corrected chi connectivity index (χ1v) is 7.19. The van der Waals surface area contributed by atoms with Crippen molar-refractivity contribution < 1.29 is 0 Å². The number of nitrogens with one attached hydrogen (secondary N) is 1. The molecule has 1 aromatic rings. The molecule has 0 aromatic carbocycles. The lowest BCUT2D eigenvalue weighted by atomic mass is 9.94. The average Bonchev–Trinajstić information content (AvgIpc) is 2.77. The Hall–Kier alpha value is -0.610. The maximum absolute atomic E-state index is 4.70. The third-order valence-electron chi connectivity index (χ3n) is 3.43. The first kappa shape index (κ1) is 10.5. The van der Waals surface area contributed by atoms with Gasteiger partial charge in [0.1, 0.15) is 5.82 Å². The predicted molar refractivity (Wildman–Crippen MR) is 66.3 cm³/mol. The van der Waals surface area contributed by atoms with E-state index in [1.54, 1.807) is 0 Å². The Kier molecular flexibility index (Phi) is 3.11. The summed E-state index contributed by atoms with van der Waals surface area (Å²) in [6.45, 7) is 2.32. The van der Waals surface area contributed by atoms with Crippen LogP contribution in [0.25, 0.3) is 0 Å². The number of hydrogen-bond donors (Lipinski definition) is 1. The smallest absolute Gasteiger partial charge is 0.128 e. The number of thioether (sulfide) groups is 1. The van der Waals surface area contributed by atoms with Crippen LogP contribution in [0.2, 0.25) is 0 Å². The normalized spacial score (nSPS) is 21.0. The fraction of sp³-hybridized carbons (Fsp3) is 0.667. The second-order valence-corrected chi connectivity index (χ2v) is 5.63. The van der Waals surface area contributed by atoms with Gasteiger partial charge in [0, 0.05) is 29.7 Å². The van der Waals surface area contributed by atoms with Gasteiger partial charge < -0.3 is 5.32 Å². The fourth-order valence-corrected chi connectivity index (χ4v) is 3.44. The molecule has 3 nitrogen and oxygen atoms in total. The predicted octanol–water partition coefficient (Wildman–Crippen LogP) is 1.77. The zero-order valence-electron chi connectivity index (χ0n) is 9.41. The molecule has 1 aromatic heterocycles. The lowest BCUT2D eigenvalue weighted by Gasteiger charge is -2.21. The maximum atomic E-state index is 4.70. The van der Waals surface area contributed by atoms with E-state index < -0.39 is 0 Å². The van der Waals surface area contributed by atoms with E-state index in [2.05, 4.69) is 10.3 Å². The SMILES string of the molecule is c1nc(CC2CCNCC2)nc2c1CSC2. The minimum Gasteiger partial charge on any atom is -0.317 e. The van der Waals surface area contributed by atoms with Gasteiger partial charge in [-0.3, -0.25) is 0 Å². The summed E-state index contributed by atoms with van der Waals surface area (Å²) in [5.41, 5.74) is 2.63. The Bertz CT molecular complexity index is 375. The molecule has 0 aliphatic carbocycles. The van der Waals surface area contributed by atoms with Gasteiger partial charge in [-0.05, 0) is 31.8 Å². The van der Waals surface area contributed by atoms with Gasteiger partial charge in [0.15, 0.2) is 0 Å². The van der Waals surface area contributed by atoms with E-state index in [9.17, 15) is 0 Å². The van der Waals surface area contributed by atoms with Crippen LogP contribution < -0.4 is 5.32 Å². The third-order valence-corrected chi connectivity index (χ3v) is 4.42. The number of aromatic nitrogens is 2. The molecule has 0 radical (unpaired) electrons. The summed E-state index contributed by atoms with van der Waals surface area (Å²) >= 11 is 1.95. The van der Waals surface area contributed by atoms with Crippen LogP contribution in [-0.4, -0.2) is 23.1 Å². The number of fused-ring (bicyclic) bond motifs is 1. The number of nitrogens with zero attached hydrogens (tertiary/aromatic N) is 2. The molecule has 2 aliphatic rings. The molecule has 86 valence electrons. The fourth-order valence-electron chi connectivity index (χ4n) is 2.43. The second kappa shape index (κ2) is 4.72. The van der Waals surface area contributed by atoms with Crippen molar-refractivity contribution in [3.8, 4) is 0 Å². The van der Waals surface area contributed by atoms with Gasteiger partial charge in [-0.25, -0.2) is 9.97 Å². The van der Waals surface area contributed by atoms with Crippen molar-refractivity contribution in [3.05, 3.63) is 23.3 Å². The van der Waals surface area contributed by atoms with Crippen LogP contribution >= 0.6 is 11.8 Å². The average molecular weight is 235 g/mol. The van der Waals surface area contributed by atoms with E-state index in [1.165, 1.54) is 24.1 Å². The topological polar surface area (TPSA) is 37.8 Å². The van der Waals surface area contributed by atoms with Crippen molar-refractivity contribution in [2.45, 2.75) is 30.8 Å². The highest BCUT2D eigenvalue weighted by molar-refractivity contribution is 7.98. The molecular weight excluding hydrogens is 218 g/mol. The van der Waals surface area contributed by atoms with Gasteiger partial charge in [0.05, 0.1) is 5.69 Å². The summed E-state index contributed by atoms with van der Waals surface area (Å²) in [5, 5.41) is 3.40. The summed E-state index contributed by atoms with van der Waals surface area (Å²) in [6.07, 6.45) is 5.66. The van der Waals surface area contributed by atoms with E-state index in [0.29, 0.717) is 0 Å². The van der Waals surface area contributed by atoms with E-state index in [-0.39, 0.29) is 0 Å². The molecule has 1 saturated heterocycles. The molecule has 16 heavy (non-hydrogen) atoms. The maximum Gasteiger partial charge on any atom is 0.128 e. The second-order valence-electron chi connectivity index (χ2n) is 4.65. The molecule has 1 fully saturated rings. The molecule has 2 aliphatic heterocycles. The number of piperidine rings is 1. The van der Waals surface area contributed by atoms with Crippen LogP contribution in [0.15, 0.2) is 6.20 Å². The van der Waals surface area contributed by atoms with Gasteiger partial charge in [-0.15, -0.1) is 0 Å².